The summed E-state index contributed by atoms with van der Waals surface area (Å²) in [7, 11) is 0.601. The molecule has 0 bridgehead atoms. The Morgan fingerprint density at radius 2 is 2.27 bits per heavy atom. The van der Waals surface area contributed by atoms with Gasteiger partial charge in [0.2, 0.25) is 0 Å². The molecule has 0 radical (unpaired) electrons. The van der Waals surface area contributed by atoms with Gasteiger partial charge < -0.3 is 14.4 Å². The summed E-state index contributed by atoms with van der Waals surface area (Å²) in [6, 6.07) is -0.00740. The van der Waals surface area contributed by atoms with E-state index in [1.807, 2.05) is 7.85 Å². The highest BCUT2D eigenvalue weighted by Gasteiger charge is 2.38. The highest BCUT2D eigenvalue weighted by molar-refractivity contribution is 7.47. The van der Waals surface area contributed by atoms with Crippen LogP contribution in [-0.4, -0.2) is 51.8 Å². The van der Waals surface area contributed by atoms with E-state index in [0.717, 1.165) is 7.11 Å². The molecule has 88 valence electrons. The van der Waals surface area contributed by atoms with Crippen LogP contribution in [0.4, 0.5) is 0 Å². The first-order chi connectivity index (χ1) is 6.98. The first kappa shape index (κ1) is 13.2. The van der Waals surface area contributed by atoms with Gasteiger partial charge in [-0.05, 0) is 6.42 Å². The van der Waals surface area contributed by atoms with E-state index in [4.69, 9.17) is 14.0 Å². The lowest BCUT2D eigenvalue weighted by Crippen LogP contribution is -2.28. The predicted octanol–water partition coefficient (Wildman–Crippen LogP) is -0.487. The topological polar surface area (TPSA) is 74.2 Å². The number of hydrogen-bond donors (Lipinski definition) is 1. The molecule has 4 atom stereocenters. The van der Waals surface area contributed by atoms with Gasteiger partial charge >= 0.3 is 7.82 Å². The normalized spacial score (nSPS) is 35.3. The second-order valence-corrected chi connectivity index (χ2v) is 4.98. The summed E-state index contributed by atoms with van der Waals surface area (Å²) in [5.41, 5.74) is 0. The van der Waals surface area contributed by atoms with Crippen LogP contribution in [0.3, 0.4) is 0 Å². The lowest BCUT2D eigenvalue weighted by atomic mass is 9.96. The third-order valence-corrected chi connectivity index (χ3v) is 3.21. The maximum Gasteiger partial charge on any atom is 0.472 e. The van der Waals surface area contributed by atoms with Crippen molar-refractivity contribution in [3.8, 4) is 0 Å². The Bertz CT molecular complexity index is 250. The van der Waals surface area contributed by atoms with Crippen molar-refractivity contribution in [1.29, 1.82) is 0 Å². The fourth-order valence-corrected chi connectivity index (χ4v) is 2.21. The van der Waals surface area contributed by atoms with E-state index in [9.17, 15) is 9.46 Å². The second kappa shape index (κ2) is 5.43. The third-order valence-electron chi connectivity index (χ3n) is 2.22. The molecule has 0 aliphatic carbocycles. The van der Waals surface area contributed by atoms with Gasteiger partial charge in [-0.1, -0.05) is 0 Å². The van der Waals surface area contributed by atoms with Crippen LogP contribution in [0.15, 0.2) is 0 Å². The summed E-state index contributed by atoms with van der Waals surface area (Å²) < 4.78 is 30.9. The minimum atomic E-state index is -3.95. The Morgan fingerprint density at radius 3 is 2.80 bits per heavy atom. The molecule has 1 fully saturated rings. The van der Waals surface area contributed by atoms with Crippen LogP contribution in [0.25, 0.3) is 0 Å². The zero-order chi connectivity index (χ0) is 11.5. The van der Waals surface area contributed by atoms with Gasteiger partial charge in [0.25, 0.3) is 0 Å². The summed E-state index contributed by atoms with van der Waals surface area (Å²) in [6.45, 7) is 0.332. The predicted molar refractivity (Wildman–Crippen MR) is 55.4 cm³/mol. The van der Waals surface area contributed by atoms with Gasteiger partial charge in [-0.2, -0.15) is 0 Å². The molecular formula is C7H16BO6P. The van der Waals surface area contributed by atoms with Crippen LogP contribution in [0.5, 0.6) is 0 Å². The Hall–Kier alpha value is 0.0949. The summed E-state index contributed by atoms with van der Waals surface area (Å²) in [6.07, 6.45) is -0.224. The third kappa shape index (κ3) is 3.87. The van der Waals surface area contributed by atoms with Crippen LogP contribution < -0.4 is 0 Å². The SMILES string of the molecule is B[C@H]1CC(OP(=O)(O)OC)[C@@H](COC)O1. The molecule has 0 amide bonds. The minimum Gasteiger partial charge on any atom is -0.382 e. The van der Waals surface area contributed by atoms with E-state index in [-0.39, 0.29) is 12.1 Å². The van der Waals surface area contributed by atoms with Crippen molar-refractivity contribution < 1.29 is 28.0 Å². The van der Waals surface area contributed by atoms with Gasteiger partial charge in [0.1, 0.15) is 14.0 Å². The minimum absolute atomic E-state index is 0.00740. The molecule has 0 aromatic heterocycles. The molecule has 8 heteroatoms. The molecule has 1 saturated heterocycles. The van der Waals surface area contributed by atoms with E-state index in [2.05, 4.69) is 4.52 Å². The molecular weight excluding hydrogens is 222 g/mol. The molecule has 1 rings (SSSR count). The summed E-state index contributed by atoms with van der Waals surface area (Å²) in [4.78, 5) is 9.17. The van der Waals surface area contributed by atoms with Crippen LogP contribution >= 0.6 is 7.82 Å². The number of hydrogen-bond acceptors (Lipinski definition) is 5. The standard InChI is InChI=1S/C7H16BO6P/c1-11-4-6-5(3-7(8)13-6)14-15(9,10)12-2/h5-7H,3-4,8H2,1-2H3,(H,9,10)/t5?,6-,7-/m1/s1. The van der Waals surface area contributed by atoms with E-state index < -0.39 is 13.9 Å². The van der Waals surface area contributed by atoms with Crippen LogP contribution in [0.1, 0.15) is 6.42 Å². The van der Waals surface area contributed by atoms with Crippen molar-refractivity contribution in [1.82, 2.24) is 0 Å². The van der Waals surface area contributed by atoms with Crippen molar-refractivity contribution in [2.24, 2.45) is 0 Å². The number of methoxy groups -OCH3 is 1. The molecule has 6 nitrogen and oxygen atoms in total. The smallest absolute Gasteiger partial charge is 0.382 e. The fraction of sp³-hybridized carbons (Fsp3) is 1.00. The molecule has 15 heavy (non-hydrogen) atoms. The highest BCUT2D eigenvalue weighted by atomic mass is 31.2. The van der Waals surface area contributed by atoms with E-state index in [1.54, 1.807) is 0 Å². The molecule has 1 heterocycles. The summed E-state index contributed by atoms with van der Waals surface area (Å²) >= 11 is 0. The maximum atomic E-state index is 11.2. The van der Waals surface area contributed by atoms with Gasteiger partial charge in [-0.15, -0.1) is 0 Å². The average molecular weight is 238 g/mol. The number of phosphoric acid groups is 1. The molecule has 0 saturated carbocycles. The van der Waals surface area contributed by atoms with Gasteiger partial charge in [0, 0.05) is 20.2 Å². The zero-order valence-corrected chi connectivity index (χ0v) is 9.98. The Kier molecular flexibility index (Phi) is 4.77. The monoisotopic (exact) mass is 238 g/mol. The summed E-state index contributed by atoms with van der Waals surface area (Å²) in [5, 5.41) is 0. The first-order valence-corrected chi connectivity index (χ1v) is 6.19. The van der Waals surface area contributed by atoms with Crippen LogP contribution in [0, 0.1) is 0 Å². The van der Waals surface area contributed by atoms with Crippen molar-refractivity contribution in [3.05, 3.63) is 0 Å². The lowest BCUT2D eigenvalue weighted by Gasteiger charge is -2.19. The summed E-state index contributed by atoms with van der Waals surface area (Å²) in [5.74, 6) is 0. The second-order valence-electron chi connectivity index (χ2n) is 3.47. The van der Waals surface area contributed by atoms with E-state index in [0.29, 0.717) is 13.0 Å². The molecule has 0 spiro atoms. The highest BCUT2D eigenvalue weighted by Crippen LogP contribution is 2.46. The van der Waals surface area contributed by atoms with E-state index >= 15 is 0 Å². The quantitative estimate of drug-likeness (QED) is 0.514. The van der Waals surface area contributed by atoms with Gasteiger partial charge in [0.05, 0.1) is 12.7 Å². The molecule has 1 aliphatic rings. The molecule has 0 aromatic carbocycles. The largest absolute Gasteiger partial charge is 0.472 e. The molecule has 2 unspecified atom stereocenters. The van der Waals surface area contributed by atoms with Crippen LogP contribution in [-0.2, 0) is 23.1 Å². The van der Waals surface area contributed by atoms with Crippen molar-refractivity contribution in [2.45, 2.75) is 24.6 Å². The Labute approximate surface area is 89.9 Å². The molecule has 1 N–H and O–H groups in total. The van der Waals surface area contributed by atoms with Crippen molar-refractivity contribution in [3.63, 3.8) is 0 Å². The van der Waals surface area contributed by atoms with E-state index in [1.165, 1.54) is 7.11 Å². The first-order valence-electron chi connectivity index (χ1n) is 4.70. The maximum absolute atomic E-state index is 11.2. The Morgan fingerprint density at radius 1 is 1.60 bits per heavy atom. The van der Waals surface area contributed by atoms with Crippen molar-refractivity contribution >= 4 is 15.7 Å². The number of rotatable bonds is 5. The van der Waals surface area contributed by atoms with Gasteiger partial charge in [0.15, 0.2) is 0 Å². The van der Waals surface area contributed by atoms with Crippen LogP contribution in [0.2, 0.25) is 0 Å². The lowest BCUT2D eigenvalue weighted by molar-refractivity contribution is -0.0183. The molecule has 1 aliphatic heterocycles. The fourth-order valence-electron chi connectivity index (χ4n) is 1.56. The molecule has 0 aromatic rings. The zero-order valence-electron chi connectivity index (χ0n) is 9.08. The van der Waals surface area contributed by atoms with Gasteiger partial charge in [-0.3, -0.25) is 9.05 Å². The number of ether oxygens (including phenoxy) is 2. The Balaban J connectivity index is 2.55. The van der Waals surface area contributed by atoms with Crippen molar-refractivity contribution in [2.75, 3.05) is 20.8 Å². The number of phosphoric ester groups is 1. The van der Waals surface area contributed by atoms with Gasteiger partial charge in [-0.25, -0.2) is 4.57 Å². The average Bonchev–Trinajstić information content (AvgIpc) is 2.47.